The van der Waals surface area contributed by atoms with Gasteiger partial charge in [0, 0.05) is 10.6 Å². The van der Waals surface area contributed by atoms with Gasteiger partial charge in [0.05, 0.1) is 16.4 Å². The molecular formula is C11H12ClN3S. The maximum atomic E-state index is 6.06. The Hall–Kier alpha value is -1.26. The maximum absolute atomic E-state index is 6.06. The topological polar surface area (TPSA) is 50.9 Å². The van der Waals surface area contributed by atoms with Crippen molar-refractivity contribution in [2.45, 2.75) is 13.8 Å². The van der Waals surface area contributed by atoms with Gasteiger partial charge in [-0.2, -0.15) is 0 Å². The Bertz CT molecular complexity index is 502. The van der Waals surface area contributed by atoms with Crippen molar-refractivity contribution in [3.05, 3.63) is 33.8 Å². The number of benzene rings is 1. The molecule has 0 bridgehead atoms. The zero-order chi connectivity index (χ0) is 11.7. The van der Waals surface area contributed by atoms with E-state index in [0.29, 0.717) is 10.7 Å². The van der Waals surface area contributed by atoms with E-state index in [9.17, 15) is 0 Å². The van der Waals surface area contributed by atoms with E-state index >= 15 is 0 Å². The molecule has 3 nitrogen and oxygen atoms in total. The number of hydrogen-bond donors (Lipinski definition) is 2. The molecule has 0 fully saturated rings. The van der Waals surface area contributed by atoms with Gasteiger partial charge in [-0.3, -0.25) is 0 Å². The van der Waals surface area contributed by atoms with E-state index in [0.717, 1.165) is 16.5 Å². The highest BCUT2D eigenvalue weighted by molar-refractivity contribution is 7.15. The Morgan fingerprint density at radius 1 is 1.38 bits per heavy atom. The molecule has 0 atom stereocenters. The third kappa shape index (κ3) is 2.28. The first-order chi connectivity index (χ1) is 7.56. The van der Waals surface area contributed by atoms with E-state index in [1.165, 1.54) is 4.88 Å². The molecule has 0 radical (unpaired) electrons. The van der Waals surface area contributed by atoms with E-state index in [2.05, 4.69) is 10.3 Å². The Morgan fingerprint density at radius 2 is 2.12 bits per heavy atom. The van der Waals surface area contributed by atoms with E-state index < -0.39 is 0 Å². The van der Waals surface area contributed by atoms with Gasteiger partial charge in [0.1, 0.15) is 0 Å². The molecular weight excluding hydrogens is 242 g/mol. The van der Waals surface area contributed by atoms with Crippen LogP contribution < -0.4 is 11.1 Å². The van der Waals surface area contributed by atoms with Gasteiger partial charge >= 0.3 is 0 Å². The number of hydrogen-bond acceptors (Lipinski definition) is 4. The normalized spacial score (nSPS) is 10.4. The summed E-state index contributed by atoms with van der Waals surface area (Å²) in [5.41, 5.74) is 8.14. The lowest BCUT2D eigenvalue weighted by Gasteiger charge is -2.05. The summed E-state index contributed by atoms with van der Waals surface area (Å²) in [6, 6.07) is 5.38. The molecule has 0 saturated carbocycles. The van der Waals surface area contributed by atoms with Crippen LogP contribution in [0.3, 0.4) is 0 Å². The summed E-state index contributed by atoms with van der Waals surface area (Å²) in [6.45, 7) is 4.03. The van der Waals surface area contributed by atoms with Crippen molar-refractivity contribution < 1.29 is 0 Å². The number of nitrogens with two attached hydrogens (primary N) is 1. The van der Waals surface area contributed by atoms with E-state index in [-0.39, 0.29) is 0 Å². The van der Waals surface area contributed by atoms with Crippen molar-refractivity contribution in [3.63, 3.8) is 0 Å². The van der Waals surface area contributed by atoms with Crippen molar-refractivity contribution >= 4 is 39.4 Å². The Kier molecular flexibility index (Phi) is 3.03. The fourth-order valence-corrected chi connectivity index (χ4v) is 2.34. The number of nitrogens with zero attached hydrogens (tertiary/aromatic N) is 1. The summed E-state index contributed by atoms with van der Waals surface area (Å²) in [5.74, 6) is 0. The molecule has 0 unspecified atom stereocenters. The average Bonchev–Trinajstić information content (AvgIpc) is 2.51. The predicted molar refractivity (Wildman–Crippen MR) is 70.7 cm³/mol. The minimum absolute atomic E-state index is 0.602. The molecule has 1 aromatic carbocycles. The maximum Gasteiger partial charge on any atom is 0.187 e. The molecule has 0 aliphatic carbocycles. The van der Waals surface area contributed by atoms with Crippen LogP contribution in [0.25, 0.3) is 0 Å². The third-order valence-corrected chi connectivity index (χ3v) is 3.56. The fourth-order valence-electron chi connectivity index (χ4n) is 1.27. The molecule has 16 heavy (non-hydrogen) atoms. The monoisotopic (exact) mass is 253 g/mol. The smallest absolute Gasteiger partial charge is 0.187 e. The summed E-state index contributed by atoms with van der Waals surface area (Å²) in [4.78, 5) is 5.59. The zero-order valence-electron chi connectivity index (χ0n) is 9.04. The van der Waals surface area contributed by atoms with Crippen LogP contribution in [0.4, 0.5) is 16.5 Å². The van der Waals surface area contributed by atoms with E-state index in [1.54, 1.807) is 17.4 Å². The molecule has 84 valence electrons. The molecule has 0 aliphatic rings. The lowest BCUT2D eigenvalue weighted by atomic mass is 10.3. The molecule has 2 rings (SSSR count). The molecule has 2 aromatic rings. The summed E-state index contributed by atoms with van der Waals surface area (Å²) < 4.78 is 0. The number of anilines is 3. The summed E-state index contributed by atoms with van der Waals surface area (Å²) in [6.07, 6.45) is 0. The fraction of sp³-hybridized carbons (Fsp3) is 0.182. The van der Waals surface area contributed by atoms with E-state index in [4.69, 9.17) is 17.3 Å². The molecule has 5 heteroatoms. The zero-order valence-corrected chi connectivity index (χ0v) is 10.6. The van der Waals surface area contributed by atoms with Crippen molar-refractivity contribution in [1.29, 1.82) is 0 Å². The van der Waals surface area contributed by atoms with Gasteiger partial charge in [0.25, 0.3) is 0 Å². The second kappa shape index (κ2) is 4.31. The molecule has 1 heterocycles. The van der Waals surface area contributed by atoms with Gasteiger partial charge in [-0.15, -0.1) is 11.3 Å². The molecule has 3 N–H and O–H groups in total. The minimum atomic E-state index is 0.602. The summed E-state index contributed by atoms with van der Waals surface area (Å²) in [7, 11) is 0. The minimum Gasteiger partial charge on any atom is -0.399 e. The quantitative estimate of drug-likeness (QED) is 0.802. The number of nitrogens with one attached hydrogen (secondary N) is 1. The van der Waals surface area contributed by atoms with E-state index in [1.807, 2.05) is 26.0 Å². The number of halogens is 1. The molecule has 0 amide bonds. The van der Waals surface area contributed by atoms with Gasteiger partial charge in [-0.25, -0.2) is 4.98 Å². The highest BCUT2D eigenvalue weighted by Crippen LogP contribution is 2.30. The van der Waals surface area contributed by atoms with Crippen LogP contribution in [0.15, 0.2) is 18.2 Å². The van der Waals surface area contributed by atoms with Gasteiger partial charge in [-0.05, 0) is 32.0 Å². The van der Waals surface area contributed by atoms with Crippen molar-refractivity contribution in [1.82, 2.24) is 4.98 Å². The lowest BCUT2D eigenvalue weighted by Crippen LogP contribution is -1.92. The lowest BCUT2D eigenvalue weighted by molar-refractivity contribution is 1.23. The Morgan fingerprint density at radius 3 is 2.69 bits per heavy atom. The van der Waals surface area contributed by atoms with Gasteiger partial charge in [0.15, 0.2) is 5.13 Å². The van der Waals surface area contributed by atoms with Crippen LogP contribution in [0, 0.1) is 13.8 Å². The third-order valence-electron chi connectivity index (χ3n) is 2.26. The highest BCUT2D eigenvalue weighted by Gasteiger charge is 2.06. The predicted octanol–water partition coefficient (Wildman–Crippen LogP) is 3.74. The number of nitrogen functional groups attached to an aromatic ring is 1. The van der Waals surface area contributed by atoms with Crippen LogP contribution >= 0.6 is 22.9 Å². The van der Waals surface area contributed by atoms with Crippen LogP contribution in [0.5, 0.6) is 0 Å². The van der Waals surface area contributed by atoms with Gasteiger partial charge in [0.2, 0.25) is 0 Å². The molecule has 0 saturated heterocycles. The van der Waals surface area contributed by atoms with Crippen molar-refractivity contribution in [2.24, 2.45) is 0 Å². The Balaban J connectivity index is 2.27. The largest absolute Gasteiger partial charge is 0.399 e. The molecule has 1 aromatic heterocycles. The van der Waals surface area contributed by atoms with Crippen molar-refractivity contribution in [2.75, 3.05) is 11.1 Å². The summed E-state index contributed by atoms with van der Waals surface area (Å²) in [5, 5.41) is 4.63. The van der Waals surface area contributed by atoms with Crippen LogP contribution in [-0.2, 0) is 0 Å². The molecule has 0 aliphatic heterocycles. The second-order valence-electron chi connectivity index (χ2n) is 3.52. The van der Waals surface area contributed by atoms with Crippen molar-refractivity contribution in [3.8, 4) is 0 Å². The first-order valence-electron chi connectivity index (χ1n) is 4.82. The first-order valence-corrected chi connectivity index (χ1v) is 6.02. The standard InChI is InChI=1S/C11H12ClN3S/c1-6-7(2)16-11(14-6)15-10-4-3-8(13)5-9(10)12/h3-5H,13H2,1-2H3,(H,14,15). The number of rotatable bonds is 2. The van der Waals surface area contributed by atoms with Crippen LogP contribution in [-0.4, -0.2) is 4.98 Å². The van der Waals surface area contributed by atoms with Gasteiger partial charge < -0.3 is 11.1 Å². The van der Waals surface area contributed by atoms with Gasteiger partial charge in [-0.1, -0.05) is 11.6 Å². The number of aromatic nitrogens is 1. The van der Waals surface area contributed by atoms with Crippen LogP contribution in [0.2, 0.25) is 5.02 Å². The number of thiazole rings is 1. The number of aryl methyl sites for hydroxylation is 2. The Labute approximate surface area is 103 Å². The second-order valence-corrected chi connectivity index (χ2v) is 5.14. The summed E-state index contributed by atoms with van der Waals surface area (Å²) >= 11 is 7.67. The molecule has 0 spiro atoms. The highest BCUT2D eigenvalue weighted by atomic mass is 35.5. The average molecular weight is 254 g/mol. The first kappa shape index (κ1) is 11.2. The van der Waals surface area contributed by atoms with Crippen LogP contribution in [0.1, 0.15) is 10.6 Å². The SMILES string of the molecule is Cc1nc(Nc2ccc(N)cc2Cl)sc1C.